The zero-order valence-electron chi connectivity index (χ0n) is 12.8. The van der Waals surface area contributed by atoms with Gasteiger partial charge in [0.05, 0.1) is 12.0 Å². The van der Waals surface area contributed by atoms with Crippen LogP contribution in [0.15, 0.2) is 58.4 Å². The van der Waals surface area contributed by atoms with Crippen LogP contribution in [0.3, 0.4) is 0 Å². The molecule has 0 bridgehead atoms. The Kier molecular flexibility index (Phi) is 4.34. The minimum atomic E-state index is -3.45. The summed E-state index contributed by atoms with van der Waals surface area (Å²) in [6.07, 6.45) is 1.73. The summed E-state index contributed by atoms with van der Waals surface area (Å²) in [5, 5.41) is 0. The molecule has 6 heteroatoms. The second kappa shape index (κ2) is 6.42. The van der Waals surface area contributed by atoms with Gasteiger partial charge in [-0.2, -0.15) is 0 Å². The fourth-order valence-corrected chi connectivity index (χ4v) is 3.77. The van der Waals surface area contributed by atoms with E-state index in [0.717, 1.165) is 18.6 Å². The van der Waals surface area contributed by atoms with Crippen LogP contribution in [0.4, 0.5) is 0 Å². The van der Waals surface area contributed by atoms with Crippen LogP contribution in [-0.2, 0) is 16.4 Å². The molecule has 1 aliphatic heterocycles. The Morgan fingerprint density at radius 2 is 1.83 bits per heavy atom. The summed E-state index contributed by atoms with van der Waals surface area (Å²) < 4.78 is 31.6. The molecule has 0 unspecified atom stereocenters. The normalized spacial score (nSPS) is 16.8. The molecule has 0 aromatic heterocycles. The summed E-state index contributed by atoms with van der Waals surface area (Å²) >= 11 is 0. The van der Waals surface area contributed by atoms with Gasteiger partial charge in [-0.05, 0) is 42.7 Å². The second-order valence-corrected chi connectivity index (χ2v) is 6.93. The monoisotopic (exact) mass is 330 g/mol. The lowest BCUT2D eigenvalue weighted by atomic mass is 10.1. The van der Waals surface area contributed by atoms with Crippen LogP contribution >= 0.6 is 0 Å². The first kappa shape index (κ1) is 15.6. The van der Waals surface area contributed by atoms with Gasteiger partial charge in [-0.25, -0.2) is 8.42 Å². The molecule has 0 spiro atoms. The molecule has 0 aliphatic carbocycles. The molecule has 23 heavy (non-hydrogen) atoms. The molecule has 0 saturated carbocycles. The van der Waals surface area contributed by atoms with Crippen molar-refractivity contribution < 1.29 is 13.2 Å². The van der Waals surface area contributed by atoms with Crippen molar-refractivity contribution in [3.63, 3.8) is 0 Å². The molecule has 0 amide bonds. The van der Waals surface area contributed by atoms with Gasteiger partial charge < -0.3 is 4.74 Å². The van der Waals surface area contributed by atoms with E-state index < -0.39 is 10.0 Å². The standard InChI is InChI=1S/C17H18N2O3S/c1-22-14-10-8-13(9-11-14)5-4-12-18-17-15-6-2-3-7-16(15)23(20,21)19-17/h2-3,6-11H,4-5,12H2,1H3,(H,18,19). The minimum absolute atomic E-state index is 0.300. The Morgan fingerprint density at radius 3 is 2.57 bits per heavy atom. The number of nitrogens with one attached hydrogen (secondary N) is 1. The first-order valence-corrected chi connectivity index (χ1v) is 8.88. The quantitative estimate of drug-likeness (QED) is 0.856. The van der Waals surface area contributed by atoms with E-state index in [4.69, 9.17) is 4.74 Å². The summed E-state index contributed by atoms with van der Waals surface area (Å²) in [4.78, 5) is 4.71. The Hall–Kier alpha value is -2.34. The summed E-state index contributed by atoms with van der Waals surface area (Å²) in [5.74, 6) is 1.28. The second-order valence-electron chi connectivity index (χ2n) is 5.28. The lowest BCUT2D eigenvalue weighted by molar-refractivity contribution is 0.414. The van der Waals surface area contributed by atoms with Crippen LogP contribution in [0.25, 0.3) is 0 Å². The molecule has 2 aromatic rings. The van der Waals surface area contributed by atoms with Crippen LogP contribution < -0.4 is 9.46 Å². The van der Waals surface area contributed by atoms with Crippen molar-refractivity contribution in [3.8, 4) is 5.75 Å². The fourth-order valence-electron chi connectivity index (χ4n) is 2.52. The predicted octanol–water partition coefficient (Wildman–Crippen LogP) is 2.37. The Labute approximate surface area is 136 Å². The number of hydrogen-bond acceptors (Lipinski definition) is 4. The minimum Gasteiger partial charge on any atom is -0.497 e. The first-order valence-electron chi connectivity index (χ1n) is 7.40. The van der Waals surface area contributed by atoms with Crippen LogP contribution in [-0.4, -0.2) is 27.9 Å². The molecule has 1 aliphatic rings. The topological polar surface area (TPSA) is 67.8 Å². The third-order valence-electron chi connectivity index (χ3n) is 3.72. The average Bonchev–Trinajstić information content (AvgIpc) is 2.83. The molecule has 0 saturated heterocycles. The van der Waals surface area contributed by atoms with Crippen LogP contribution in [0.1, 0.15) is 17.5 Å². The van der Waals surface area contributed by atoms with E-state index in [1.807, 2.05) is 30.3 Å². The molecule has 3 rings (SSSR count). The van der Waals surface area contributed by atoms with Gasteiger partial charge in [0.25, 0.3) is 10.0 Å². The van der Waals surface area contributed by atoms with Gasteiger partial charge in [-0.1, -0.05) is 24.3 Å². The van der Waals surface area contributed by atoms with Crippen molar-refractivity contribution in [2.75, 3.05) is 13.7 Å². The van der Waals surface area contributed by atoms with Crippen molar-refractivity contribution in [2.24, 2.45) is 4.99 Å². The van der Waals surface area contributed by atoms with E-state index in [2.05, 4.69) is 9.71 Å². The highest BCUT2D eigenvalue weighted by atomic mass is 32.2. The Balaban J connectivity index is 1.63. The number of rotatable bonds is 5. The van der Waals surface area contributed by atoms with Crippen LogP contribution in [0.5, 0.6) is 5.75 Å². The summed E-state index contributed by atoms with van der Waals surface area (Å²) in [7, 11) is -1.80. The summed E-state index contributed by atoms with van der Waals surface area (Å²) in [6.45, 7) is 0.568. The third-order valence-corrected chi connectivity index (χ3v) is 5.11. The number of amidine groups is 1. The molecule has 1 N–H and O–H groups in total. The lowest BCUT2D eigenvalue weighted by Gasteiger charge is -2.03. The number of aliphatic imine (C=N–C) groups is 1. The van der Waals surface area contributed by atoms with E-state index in [-0.39, 0.29) is 0 Å². The van der Waals surface area contributed by atoms with Gasteiger partial charge in [0.15, 0.2) is 0 Å². The number of methoxy groups -OCH3 is 1. The molecule has 5 nitrogen and oxygen atoms in total. The summed E-state index contributed by atoms with van der Waals surface area (Å²) in [6, 6.07) is 14.8. The maximum Gasteiger partial charge on any atom is 0.263 e. The third kappa shape index (κ3) is 3.37. The highest BCUT2D eigenvalue weighted by Gasteiger charge is 2.29. The van der Waals surface area contributed by atoms with Gasteiger partial charge in [0.1, 0.15) is 11.6 Å². The number of benzene rings is 2. The zero-order chi connectivity index (χ0) is 16.3. The van der Waals surface area contributed by atoms with Gasteiger partial charge in [0, 0.05) is 12.1 Å². The number of hydrogen-bond donors (Lipinski definition) is 1. The molecule has 120 valence electrons. The SMILES string of the molecule is COc1ccc(CCCN=C2NS(=O)(=O)c3ccccc32)cc1. The van der Waals surface area contributed by atoms with Crippen molar-refractivity contribution >= 4 is 15.9 Å². The molecule has 0 atom stereocenters. The average molecular weight is 330 g/mol. The van der Waals surface area contributed by atoms with Crippen molar-refractivity contribution in [1.29, 1.82) is 0 Å². The number of ether oxygens (including phenoxy) is 1. The maximum absolute atomic E-state index is 12.0. The molecule has 2 aromatic carbocycles. The molecular weight excluding hydrogens is 312 g/mol. The van der Waals surface area contributed by atoms with Crippen LogP contribution in [0.2, 0.25) is 0 Å². The molecular formula is C17H18N2O3S. The van der Waals surface area contributed by atoms with Crippen molar-refractivity contribution in [2.45, 2.75) is 17.7 Å². The largest absolute Gasteiger partial charge is 0.497 e. The maximum atomic E-state index is 12.0. The number of aryl methyl sites for hydroxylation is 1. The van der Waals surface area contributed by atoms with Gasteiger partial charge in [0.2, 0.25) is 0 Å². The van der Waals surface area contributed by atoms with Gasteiger partial charge in [-0.3, -0.25) is 9.71 Å². The first-order chi connectivity index (χ1) is 11.1. The van der Waals surface area contributed by atoms with Gasteiger partial charge >= 0.3 is 0 Å². The molecule has 0 fully saturated rings. The molecule has 0 radical (unpaired) electrons. The van der Waals surface area contributed by atoms with Crippen molar-refractivity contribution in [3.05, 3.63) is 59.7 Å². The highest BCUT2D eigenvalue weighted by Crippen LogP contribution is 2.22. The van der Waals surface area contributed by atoms with E-state index in [1.165, 1.54) is 5.56 Å². The molecule has 1 heterocycles. The number of sulfonamides is 1. The Bertz CT molecular complexity index is 827. The van der Waals surface area contributed by atoms with Crippen LogP contribution in [0, 0.1) is 0 Å². The Morgan fingerprint density at radius 1 is 1.09 bits per heavy atom. The summed E-state index contributed by atoms with van der Waals surface area (Å²) in [5.41, 5.74) is 1.86. The van der Waals surface area contributed by atoms with Gasteiger partial charge in [-0.15, -0.1) is 0 Å². The van der Waals surface area contributed by atoms with E-state index in [1.54, 1.807) is 25.3 Å². The highest BCUT2D eigenvalue weighted by molar-refractivity contribution is 7.90. The number of nitrogens with zero attached hydrogens (tertiary/aromatic N) is 1. The zero-order valence-corrected chi connectivity index (χ0v) is 13.6. The number of fused-ring (bicyclic) bond motifs is 1. The fraction of sp³-hybridized carbons (Fsp3) is 0.235. The smallest absolute Gasteiger partial charge is 0.263 e. The lowest BCUT2D eigenvalue weighted by Crippen LogP contribution is -2.22. The predicted molar refractivity (Wildman–Crippen MR) is 89.5 cm³/mol. The van der Waals surface area contributed by atoms with E-state index >= 15 is 0 Å². The van der Waals surface area contributed by atoms with E-state index in [0.29, 0.717) is 22.8 Å². The van der Waals surface area contributed by atoms with Crippen molar-refractivity contribution in [1.82, 2.24) is 4.72 Å². The van der Waals surface area contributed by atoms with E-state index in [9.17, 15) is 8.42 Å².